The van der Waals surface area contributed by atoms with E-state index in [2.05, 4.69) is 37.1 Å². The fourth-order valence-corrected chi connectivity index (χ4v) is 4.03. The summed E-state index contributed by atoms with van der Waals surface area (Å²) in [5.41, 5.74) is 8.83. The number of hydrogen-bond donors (Lipinski definition) is 3. The van der Waals surface area contributed by atoms with E-state index in [-0.39, 0.29) is 11.6 Å². The Morgan fingerprint density at radius 1 is 1.38 bits per heavy atom. The summed E-state index contributed by atoms with van der Waals surface area (Å²) < 4.78 is 2.10. The second-order valence-corrected chi connectivity index (χ2v) is 7.31. The zero-order valence-electron chi connectivity index (χ0n) is 15.3. The average molecular weight is 354 g/mol. The number of nitrogen functional groups attached to an aromatic ring is 1. The number of piperidine rings is 1. The van der Waals surface area contributed by atoms with E-state index < -0.39 is 0 Å². The first-order chi connectivity index (χ1) is 12.4. The molecule has 0 aliphatic carbocycles. The molecule has 4 N–H and O–H groups in total. The lowest BCUT2D eigenvalue weighted by Crippen LogP contribution is -2.66. The Morgan fingerprint density at radius 2 is 2.19 bits per heavy atom. The fraction of sp³-hybridized carbons (Fsp3) is 0.444. The average Bonchev–Trinajstić information content (AvgIpc) is 2.83. The third kappa shape index (κ3) is 2.57. The van der Waals surface area contributed by atoms with E-state index in [1.165, 1.54) is 6.33 Å². The van der Waals surface area contributed by atoms with Crippen LogP contribution in [0.3, 0.4) is 0 Å². The van der Waals surface area contributed by atoms with Crippen LogP contribution in [-0.2, 0) is 5.66 Å². The number of aryl methyl sites for hydroxylation is 1. The molecule has 4 rings (SSSR count). The van der Waals surface area contributed by atoms with Gasteiger partial charge in [-0.1, -0.05) is 0 Å². The molecule has 1 amide bonds. The van der Waals surface area contributed by atoms with Gasteiger partial charge in [0.1, 0.15) is 23.7 Å². The Bertz CT molecular complexity index is 897. The number of nitrogens with one attached hydrogen (secondary N) is 2. The smallest absolute Gasteiger partial charge is 0.321 e. The van der Waals surface area contributed by atoms with Crippen molar-refractivity contribution in [3.63, 3.8) is 0 Å². The summed E-state index contributed by atoms with van der Waals surface area (Å²) in [5, 5.41) is 6.55. The Balaban J connectivity index is 1.77. The number of aromatic nitrogens is 3. The summed E-state index contributed by atoms with van der Waals surface area (Å²) in [6.45, 7) is 5.68. The van der Waals surface area contributed by atoms with Crippen molar-refractivity contribution in [3.8, 4) is 0 Å². The van der Waals surface area contributed by atoms with Crippen LogP contribution < -0.4 is 20.9 Å². The minimum atomic E-state index is -0.387. The number of hydrogen-bond acceptors (Lipinski definition) is 6. The molecule has 8 heteroatoms. The topological polar surface area (TPSA) is 100 Å². The van der Waals surface area contributed by atoms with Gasteiger partial charge in [0.05, 0.1) is 6.54 Å². The molecule has 136 valence electrons. The van der Waals surface area contributed by atoms with Gasteiger partial charge in [0.15, 0.2) is 6.20 Å². The van der Waals surface area contributed by atoms with Gasteiger partial charge in [-0.3, -0.25) is 15.0 Å². The van der Waals surface area contributed by atoms with Crippen LogP contribution in [0.5, 0.6) is 0 Å². The van der Waals surface area contributed by atoms with E-state index in [0.717, 1.165) is 48.4 Å². The molecule has 26 heavy (non-hydrogen) atoms. The molecular formula is C18H24N7O+. The number of fused-ring (bicyclic) bond motifs is 2. The maximum absolute atomic E-state index is 12.6. The molecule has 2 aromatic rings. The van der Waals surface area contributed by atoms with Gasteiger partial charge in [0, 0.05) is 17.5 Å². The van der Waals surface area contributed by atoms with Crippen LogP contribution in [0.2, 0.25) is 0 Å². The summed E-state index contributed by atoms with van der Waals surface area (Å²) in [7, 11) is 2.09. The first kappa shape index (κ1) is 16.7. The van der Waals surface area contributed by atoms with Gasteiger partial charge in [0.25, 0.3) is 11.4 Å². The molecule has 0 unspecified atom stereocenters. The third-order valence-electron chi connectivity index (χ3n) is 5.32. The molecule has 0 radical (unpaired) electrons. The van der Waals surface area contributed by atoms with Crippen molar-refractivity contribution >= 4 is 23.2 Å². The molecular weight excluding hydrogens is 330 g/mol. The highest BCUT2D eigenvalue weighted by molar-refractivity contribution is 5.94. The van der Waals surface area contributed by atoms with Gasteiger partial charge in [-0.2, -0.15) is 4.57 Å². The van der Waals surface area contributed by atoms with Gasteiger partial charge >= 0.3 is 5.91 Å². The monoisotopic (exact) mass is 354 g/mol. The number of rotatable bonds is 2. The molecule has 2 aliphatic heterocycles. The summed E-state index contributed by atoms with van der Waals surface area (Å²) in [4.78, 5) is 23.2. The summed E-state index contributed by atoms with van der Waals surface area (Å²) >= 11 is 0. The summed E-state index contributed by atoms with van der Waals surface area (Å²) in [5.74, 6) is 1.12. The van der Waals surface area contributed by atoms with Crippen LogP contribution in [-0.4, -0.2) is 40.9 Å². The van der Waals surface area contributed by atoms with Crippen LogP contribution in [0, 0.1) is 13.8 Å². The number of likely N-dealkylation sites (N-methyl/N-ethyl adjacent to an activating group) is 1. The molecule has 1 spiro atoms. The van der Waals surface area contributed by atoms with Gasteiger partial charge in [0.2, 0.25) is 0 Å². The van der Waals surface area contributed by atoms with Crippen LogP contribution in [0.25, 0.3) is 0 Å². The highest BCUT2D eigenvalue weighted by Gasteiger charge is 2.53. The standard InChI is InChI=1S/C18H23N7O/c1-11-7-13(22-16-12(2)15(19)20-10-21-16)8-25-14(11)17(26)23-18(25)5-4-6-24(3)9-18/h7-8,10H,4-6,9H2,1-3H3,(H3-,19,20,21,22,23,26)/p+1/t18-/m0/s1. The molecule has 1 saturated heterocycles. The quantitative estimate of drug-likeness (QED) is 0.691. The van der Waals surface area contributed by atoms with Gasteiger partial charge < -0.3 is 11.1 Å². The van der Waals surface area contributed by atoms with Crippen LogP contribution in [0.15, 0.2) is 18.6 Å². The van der Waals surface area contributed by atoms with E-state index in [1.54, 1.807) is 0 Å². The van der Waals surface area contributed by atoms with Gasteiger partial charge in [-0.25, -0.2) is 9.97 Å². The first-order valence-corrected chi connectivity index (χ1v) is 8.81. The molecule has 0 saturated carbocycles. The molecule has 0 bridgehead atoms. The lowest BCUT2D eigenvalue weighted by molar-refractivity contribution is -0.763. The molecule has 1 atom stereocenters. The number of nitrogens with zero attached hydrogens (tertiary/aromatic N) is 4. The first-order valence-electron chi connectivity index (χ1n) is 8.81. The van der Waals surface area contributed by atoms with E-state index in [1.807, 2.05) is 26.1 Å². The lowest BCUT2D eigenvalue weighted by atomic mass is 9.98. The van der Waals surface area contributed by atoms with E-state index in [4.69, 9.17) is 5.73 Å². The van der Waals surface area contributed by atoms with Crippen molar-refractivity contribution in [2.24, 2.45) is 0 Å². The minimum absolute atomic E-state index is 0.00758. The van der Waals surface area contributed by atoms with Crippen molar-refractivity contribution in [1.82, 2.24) is 20.2 Å². The van der Waals surface area contributed by atoms with Crippen LogP contribution >= 0.6 is 0 Å². The maximum Gasteiger partial charge on any atom is 0.321 e. The Kier molecular flexibility index (Phi) is 3.80. The number of carbonyl (C=O) groups excluding carboxylic acids is 1. The second-order valence-electron chi connectivity index (χ2n) is 7.31. The highest BCUT2D eigenvalue weighted by Crippen LogP contribution is 2.29. The van der Waals surface area contributed by atoms with E-state index in [0.29, 0.717) is 11.6 Å². The maximum atomic E-state index is 12.6. The number of carbonyl (C=O) groups is 1. The zero-order valence-corrected chi connectivity index (χ0v) is 15.3. The zero-order chi connectivity index (χ0) is 18.5. The number of anilines is 3. The van der Waals surface area contributed by atoms with Crippen molar-refractivity contribution in [2.45, 2.75) is 32.4 Å². The lowest BCUT2D eigenvalue weighted by Gasteiger charge is -2.34. The predicted octanol–water partition coefficient (Wildman–Crippen LogP) is 0.829. The van der Waals surface area contributed by atoms with Crippen molar-refractivity contribution in [2.75, 3.05) is 31.2 Å². The molecule has 2 aliphatic rings. The van der Waals surface area contributed by atoms with E-state index >= 15 is 0 Å². The third-order valence-corrected chi connectivity index (χ3v) is 5.32. The van der Waals surface area contributed by atoms with E-state index in [9.17, 15) is 4.79 Å². The second kappa shape index (κ2) is 5.91. The number of pyridine rings is 1. The summed E-state index contributed by atoms with van der Waals surface area (Å²) in [6, 6.07) is 1.97. The highest BCUT2D eigenvalue weighted by atomic mass is 16.2. The van der Waals surface area contributed by atoms with Crippen LogP contribution in [0.4, 0.5) is 17.3 Å². The number of amides is 1. The van der Waals surface area contributed by atoms with Crippen molar-refractivity contribution in [1.29, 1.82) is 0 Å². The van der Waals surface area contributed by atoms with Crippen molar-refractivity contribution in [3.05, 3.63) is 35.4 Å². The minimum Gasteiger partial charge on any atom is -0.383 e. The normalized spacial score (nSPS) is 22.3. The molecule has 2 aromatic heterocycles. The SMILES string of the molecule is Cc1cc(Nc2ncnc(N)c2C)c[n+]2c1C(=O)N[C@@]21CCCN(C)C1. The van der Waals surface area contributed by atoms with Crippen molar-refractivity contribution < 1.29 is 9.36 Å². The predicted molar refractivity (Wildman–Crippen MR) is 98.0 cm³/mol. The Morgan fingerprint density at radius 3 is 2.96 bits per heavy atom. The molecule has 8 nitrogen and oxygen atoms in total. The fourth-order valence-electron chi connectivity index (χ4n) is 4.03. The molecule has 0 aromatic carbocycles. The largest absolute Gasteiger partial charge is 0.383 e. The number of likely N-dealkylation sites (tertiary alicyclic amines) is 1. The molecule has 4 heterocycles. The molecule has 1 fully saturated rings. The van der Waals surface area contributed by atoms with Crippen LogP contribution in [0.1, 0.15) is 34.5 Å². The van der Waals surface area contributed by atoms with Gasteiger partial charge in [-0.15, -0.1) is 0 Å². The summed E-state index contributed by atoms with van der Waals surface area (Å²) in [6.07, 6.45) is 5.41. The Labute approximate surface area is 152 Å². The van der Waals surface area contributed by atoms with Gasteiger partial charge in [-0.05, 0) is 39.9 Å². The number of nitrogens with two attached hydrogens (primary N) is 1. The Hall–Kier alpha value is -2.74.